The number of fused-ring (bicyclic) bond motifs is 1. The lowest BCUT2D eigenvalue weighted by molar-refractivity contribution is -0.173. The van der Waals surface area contributed by atoms with Crippen LogP contribution in [-0.4, -0.2) is 34.3 Å². The molecule has 4 nitrogen and oxygen atoms in total. The molecule has 9 heteroatoms. The predicted molar refractivity (Wildman–Crippen MR) is 71.8 cm³/mol. The van der Waals surface area contributed by atoms with Gasteiger partial charge in [0.15, 0.2) is 0 Å². The van der Waals surface area contributed by atoms with Crippen LogP contribution in [0.5, 0.6) is 0 Å². The van der Waals surface area contributed by atoms with E-state index in [1.807, 2.05) is 16.8 Å². The van der Waals surface area contributed by atoms with Crippen molar-refractivity contribution in [1.82, 2.24) is 15.3 Å². The van der Waals surface area contributed by atoms with E-state index in [0.29, 0.717) is 12.2 Å². The number of alkyl halides is 3. The van der Waals surface area contributed by atoms with Crippen molar-refractivity contribution < 1.29 is 18.0 Å². The van der Waals surface area contributed by atoms with Crippen molar-refractivity contribution in [3.63, 3.8) is 0 Å². The third-order valence-corrected chi connectivity index (χ3v) is 4.43. The zero-order chi connectivity index (χ0) is 14.6. The minimum atomic E-state index is -4.82. The van der Waals surface area contributed by atoms with Gasteiger partial charge in [0.2, 0.25) is 0 Å². The molecule has 1 amide bonds. The van der Waals surface area contributed by atoms with Crippen LogP contribution in [0.3, 0.4) is 0 Å². The Morgan fingerprint density at radius 3 is 2.95 bits per heavy atom. The van der Waals surface area contributed by atoms with Gasteiger partial charge in [-0.05, 0) is 17.9 Å². The van der Waals surface area contributed by atoms with E-state index in [1.165, 1.54) is 29.4 Å². The molecular weight excluding hydrogens is 311 g/mol. The summed E-state index contributed by atoms with van der Waals surface area (Å²) < 4.78 is 36.8. The normalized spacial score (nSPS) is 11.8. The van der Waals surface area contributed by atoms with Crippen molar-refractivity contribution in [2.45, 2.75) is 17.6 Å². The van der Waals surface area contributed by atoms with Crippen LogP contribution in [0.25, 0.3) is 10.2 Å². The van der Waals surface area contributed by atoms with Gasteiger partial charge >= 0.3 is 12.1 Å². The highest BCUT2D eigenvalue weighted by Gasteiger charge is 2.38. The quantitative estimate of drug-likeness (QED) is 0.523. The predicted octanol–water partition coefficient (Wildman–Crippen LogP) is 2.85. The Morgan fingerprint density at radius 1 is 1.40 bits per heavy atom. The molecule has 0 aliphatic heterocycles. The van der Waals surface area contributed by atoms with Gasteiger partial charge in [0, 0.05) is 12.3 Å². The van der Waals surface area contributed by atoms with E-state index in [9.17, 15) is 18.0 Å². The smallest absolute Gasteiger partial charge is 0.348 e. The molecule has 0 atom stereocenters. The van der Waals surface area contributed by atoms with Crippen LogP contribution in [0.4, 0.5) is 13.2 Å². The van der Waals surface area contributed by atoms with Crippen molar-refractivity contribution in [3.05, 3.63) is 17.8 Å². The van der Waals surface area contributed by atoms with Gasteiger partial charge in [-0.25, -0.2) is 9.97 Å². The Morgan fingerprint density at radius 2 is 2.20 bits per heavy atom. The molecule has 0 unspecified atom stereocenters. The third-order valence-electron chi connectivity index (χ3n) is 2.31. The van der Waals surface area contributed by atoms with Gasteiger partial charge in [-0.2, -0.15) is 13.2 Å². The first-order chi connectivity index (χ1) is 9.48. The summed E-state index contributed by atoms with van der Waals surface area (Å²) in [6, 6.07) is 1.88. The molecule has 0 aliphatic carbocycles. The molecule has 0 bridgehead atoms. The van der Waals surface area contributed by atoms with Crippen molar-refractivity contribution >= 4 is 39.2 Å². The monoisotopic (exact) mass is 321 g/mol. The average Bonchev–Trinajstić information content (AvgIpc) is 2.86. The Balaban J connectivity index is 1.77. The molecule has 2 rings (SSSR count). The molecule has 0 fully saturated rings. The molecule has 0 radical (unpaired) electrons. The maximum Gasteiger partial charge on any atom is 0.471 e. The van der Waals surface area contributed by atoms with E-state index >= 15 is 0 Å². The maximum atomic E-state index is 11.9. The third kappa shape index (κ3) is 3.83. The highest BCUT2D eigenvalue weighted by Crippen LogP contribution is 2.28. The van der Waals surface area contributed by atoms with E-state index in [-0.39, 0.29) is 6.54 Å². The molecule has 0 aliphatic rings. The highest BCUT2D eigenvalue weighted by atomic mass is 32.2. The van der Waals surface area contributed by atoms with Gasteiger partial charge in [-0.1, -0.05) is 0 Å². The summed E-state index contributed by atoms with van der Waals surface area (Å²) in [6.45, 7) is -0.00991. The lowest BCUT2D eigenvalue weighted by atomic mass is 10.4. The van der Waals surface area contributed by atoms with E-state index in [1.54, 1.807) is 0 Å². The first kappa shape index (κ1) is 15.0. The Hall–Kier alpha value is -1.35. The van der Waals surface area contributed by atoms with Crippen LogP contribution in [0, 0.1) is 0 Å². The molecule has 2 aromatic rings. The number of carbonyl (C=O) groups excluding carboxylic acids is 1. The van der Waals surface area contributed by atoms with Crippen molar-refractivity contribution in [3.8, 4) is 0 Å². The number of thioether (sulfide) groups is 1. The van der Waals surface area contributed by atoms with Crippen molar-refractivity contribution in [2.24, 2.45) is 0 Å². The first-order valence-electron chi connectivity index (χ1n) is 5.64. The zero-order valence-corrected chi connectivity index (χ0v) is 11.7. The molecule has 20 heavy (non-hydrogen) atoms. The minimum Gasteiger partial charge on any atom is -0.348 e. The number of nitrogens with one attached hydrogen (secondary N) is 1. The molecule has 0 aromatic carbocycles. The second-order valence-electron chi connectivity index (χ2n) is 3.77. The summed E-state index contributed by atoms with van der Waals surface area (Å²) in [6.07, 6.45) is -2.92. The number of nitrogens with zero attached hydrogens (tertiary/aromatic N) is 2. The zero-order valence-electron chi connectivity index (χ0n) is 10.1. The molecule has 108 valence electrons. The second kappa shape index (κ2) is 6.40. The molecular formula is C11H10F3N3OS2. The lowest BCUT2D eigenvalue weighted by Gasteiger charge is -2.07. The molecule has 1 N–H and O–H groups in total. The van der Waals surface area contributed by atoms with Crippen LogP contribution >= 0.6 is 23.1 Å². The minimum absolute atomic E-state index is 0.00991. The number of hydrogen-bond acceptors (Lipinski definition) is 5. The number of aromatic nitrogens is 2. The van der Waals surface area contributed by atoms with Crippen molar-refractivity contribution in [2.75, 3.05) is 12.3 Å². The lowest BCUT2D eigenvalue weighted by Crippen LogP contribution is -2.37. The fourth-order valence-corrected chi connectivity index (χ4v) is 3.30. The molecule has 0 saturated carbocycles. The van der Waals surface area contributed by atoms with Crippen LogP contribution < -0.4 is 5.32 Å². The topological polar surface area (TPSA) is 54.9 Å². The SMILES string of the molecule is O=C(NCCCSc1ncnc2ccsc12)C(F)(F)F. The second-order valence-corrected chi connectivity index (χ2v) is 5.77. The van der Waals surface area contributed by atoms with Crippen LogP contribution in [0.1, 0.15) is 6.42 Å². The summed E-state index contributed by atoms with van der Waals surface area (Å²) in [7, 11) is 0. The summed E-state index contributed by atoms with van der Waals surface area (Å²) in [5.41, 5.74) is 0.859. The van der Waals surface area contributed by atoms with Gasteiger partial charge in [0.05, 0.1) is 10.2 Å². The highest BCUT2D eigenvalue weighted by molar-refractivity contribution is 7.99. The molecule has 0 saturated heterocycles. The molecule has 2 heterocycles. The summed E-state index contributed by atoms with van der Waals surface area (Å²) in [5, 5.41) is 4.56. The Bertz CT molecular complexity index is 600. The standard InChI is InChI=1S/C11H10F3N3OS2/c12-11(13,14)10(18)15-3-1-4-20-9-8-7(2-5-19-8)16-6-17-9/h2,5-6H,1,3-4H2,(H,15,18). The summed E-state index contributed by atoms with van der Waals surface area (Å²) >= 11 is 2.96. The molecule has 2 aromatic heterocycles. The fraction of sp³-hybridized carbons (Fsp3) is 0.364. The summed E-state index contributed by atoms with van der Waals surface area (Å²) in [5.74, 6) is -1.33. The van der Waals surface area contributed by atoms with Gasteiger partial charge in [0.1, 0.15) is 11.4 Å². The van der Waals surface area contributed by atoms with Gasteiger partial charge < -0.3 is 5.32 Å². The largest absolute Gasteiger partial charge is 0.471 e. The fourth-order valence-electron chi connectivity index (χ4n) is 1.41. The van der Waals surface area contributed by atoms with E-state index < -0.39 is 12.1 Å². The van der Waals surface area contributed by atoms with Crippen molar-refractivity contribution in [1.29, 1.82) is 0 Å². The van der Waals surface area contributed by atoms with E-state index in [2.05, 4.69) is 9.97 Å². The van der Waals surface area contributed by atoms with E-state index in [0.717, 1.165) is 15.2 Å². The van der Waals surface area contributed by atoms with Gasteiger partial charge in [-0.15, -0.1) is 23.1 Å². The van der Waals surface area contributed by atoms with Crippen LogP contribution in [0.2, 0.25) is 0 Å². The van der Waals surface area contributed by atoms with Gasteiger partial charge in [0.25, 0.3) is 0 Å². The number of hydrogen-bond donors (Lipinski definition) is 1. The number of thiophene rings is 1. The number of carbonyl (C=O) groups is 1. The van der Waals surface area contributed by atoms with Crippen LogP contribution in [-0.2, 0) is 4.79 Å². The van der Waals surface area contributed by atoms with E-state index in [4.69, 9.17) is 0 Å². The number of rotatable bonds is 5. The average molecular weight is 321 g/mol. The number of halogens is 3. The number of amides is 1. The first-order valence-corrected chi connectivity index (χ1v) is 7.51. The Labute approximate surface area is 120 Å². The Kier molecular flexibility index (Phi) is 4.81. The molecule has 0 spiro atoms. The summed E-state index contributed by atoms with van der Waals surface area (Å²) in [4.78, 5) is 18.8. The van der Waals surface area contributed by atoms with Gasteiger partial charge in [-0.3, -0.25) is 4.79 Å². The maximum absolute atomic E-state index is 11.9. The van der Waals surface area contributed by atoms with Crippen LogP contribution in [0.15, 0.2) is 22.8 Å².